The highest BCUT2D eigenvalue weighted by Crippen LogP contribution is 2.40. The lowest BCUT2D eigenvalue weighted by Gasteiger charge is -2.34. The molecule has 0 aliphatic carbocycles. The molecule has 2 aromatic carbocycles. The number of ether oxygens (including phenoxy) is 4. The van der Waals surface area contributed by atoms with Gasteiger partial charge in [0.15, 0.2) is 16.6 Å². The number of amides is 1. The Morgan fingerprint density at radius 3 is 2.68 bits per heavy atom. The van der Waals surface area contributed by atoms with Crippen LogP contribution in [0.4, 0.5) is 5.13 Å². The highest BCUT2D eigenvalue weighted by Gasteiger charge is 2.38. The van der Waals surface area contributed by atoms with E-state index in [1.165, 1.54) is 11.3 Å². The predicted octanol–water partition coefficient (Wildman–Crippen LogP) is 3.85. The third kappa shape index (κ3) is 4.53. The predicted molar refractivity (Wildman–Crippen MR) is 132 cm³/mol. The first-order valence-corrected chi connectivity index (χ1v) is 12.4. The minimum Gasteiger partial charge on any atom is -0.494 e. The molecule has 3 heterocycles. The number of fused-ring (bicyclic) bond motifs is 2. The molecule has 2 unspecified atom stereocenters. The standard InChI is InChI=1S/C24H26ClN3O5S/c1-15-21(33-18-6-4-3-5-17(18)32-15)23(29)28(10-9-27-11-13-31-14-12-27)24-26-20-19(30-2)8-7-16(25)22(20)34-24/h3-8,15,21H,9-14H2,1-2H3. The van der Waals surface area contributed by atoms with Crippen LogP contribution in [0.25, 0.3) is 10.2 Å². The van der Waals surface area contributed by atoms with E-state index >= 15 is 0 Å². The van der Waals surface area contributed by atoms with E-state index in [9.17, 15) is 4.79 Å². The Bertz CT molecular complexity index is 1180. The number of aromatic nitrogens is 1. The lowest BCUT2D eigenvalue weighted by atomic mass is 10.1. The first-order valence-electron chi connectivity index (χ1n) is 11.2. The topological polar surface area (TPSA) is 73.4 Å². The normalized spacial score (nSPS) is 20.3. The van der Waals surface area contributed by atoms with E-state index in [4.69, 9.17) is 35.5 Å². The van der Waals surface area contributed by atoms with Crippen molar-refractivity contribution in [2.45, 2.75) is 19.1 Å². The summed E-state index contributed by atoms with van der Waals surface area (Å²) in [6, 6.07) is 10.9. The molecule has 0 spiro atoms. The number of benzene rings is 2. The molecule has 2 atom stereocenters. The van der Waals surface area contributed by atoms with Crippen molar-refractivity contribution in [1.29, 1.82) is 0 Å². The molecule has 180 valence electrons. The fourth-order valence-electron chi connectivity index (χ4n) is 4.13. The van der Waals surface area contributed by atoms with Gasteiger partial charge in [-0.05, 0) is 31.2 Å². The molecule has 2 aliphatic rings. The molecule has 1 saturated heterocycles. The summed E-state index contributed by atoms with van der Waals surface area (Å²) >= 11 is 7.82. The van der Waals surface area contributed by atoms with Crippen molar-refractivity contribution in [1.82, 2.24) is 9.88 Å². The van der Waals surface area contributed by atoms with Crippen LogP contribution >= 0.6 is 22.9 Å². The molecular formula is C24H26ClN3O5S. The molecule has 1 fully saturated rings. The smallest absolute Gasteiger partial charge is 0.273 e. The van der Waals surface area contributed by atoms with Crippen LogP contribution in [-0.4, -0.2) is 74.5 Å². The number of anilines is 1. The van der Waals surface area contributed by atoms with Gasteiger partial charge in [-0.1, -0.05) is 35.1 Å². The van der Waals surface area contributed by atoms with E-state index in [1.807, 2.05) is 31.2 Å². The molecule has 0 N–H and O–H groups in total. The number of hydrogen-bond acceptors (Lipinski definition) is 8. The van der Waals surface area contributed by atoms with Gasteiger partial charge < -0.3 is 18.9 Å². The summed E-state index contributed by atoms with van der Waals surface area (Å²) in [6.07, 6.45) is -1.26. The first-order chi connectivity index (χ1) is 16.5. The number of methoxy groups -OCH3 is 1. The lowest BCUT2D eigenvalue weighted by Crippen LogP contribution is -2.52. The summed E-state index contributed by atoms with van der Waals surface area (Å²) in [7, 11) is 1.59. The SMILES string of the molecule is COc1ccc(Cl)c2sc(N(CCN3CCOCC3)C(=O)C3Oc4ccccc4OC3C)nc12. The summed E-state index contributed by atoms with van der Waals surface area (Å²) in [5.41, 5.74) is 0.637. The maximum Gasteiger partial charge on any atom is 0.273 e. The van der Waals surface area contributed by atoms with Gasteiger partial charge in [0, 0.05) is 26.2 Å². The second kappa shape index (κ2) is 9.95. The maximum absolute atomic E-state index is 13.9. The summed E-state index contributed by atoms with van der Waals surface area (Å²) in [5.74, 6) is 1.60. The van der Waals surface area contributed by atoms with Crippen molar-refractivity contribution in [2.75, 3.05) is 51.4 Å². The highest BCUT2D eigenvalue weighted by molar-refractivity contribution is 7.23. The van der Waals surface area contributed by atoms with E-state index in [0.29, 0.717) is 59.2 Å². The van der Waals surface area contributed by atoms with Crippen LogP contribution in [-0.2, 0) is 9.53 Å². The number of carbonyl (C=O) groups is 1. The number of hydrogen-bond donors (Lipinski definition) is 0. The van der Waals surface area contributed by atoms with Crippen LogP contribution < -0.4 is 19.1 Å². The molecule has 0 radical (unpaired) electrons. The van der Waals surface area contributed by atoms with Crippen molar-refractivity contribution >= 4 is 44.2 Å². The Morgan fingerprint density at radius 2 is 1.94 bits per heavy atom. The minimum absolute atomic E-state index is 0.204. The monoisotopic (exact) mass is 503 g/mol. The minimum atomic E-state index is -0.802. The Labute approximate surface area is 206 Å². The van der Waals surface area contributed by atoms with Crippen molar-refractivity contribution < 1.29 is 23.7 Å². The van der Waals surface area contributed by atoms with E-state index in [1.54, 1.807) is 24.1 Å². The molecule has 3 aromatic rings. The molecule has 8 nitrogen and oxygen atoms in total. The average Bonchev–Trinajstić information content (AvgIpc) is 3.30. The van der Waals surface area contributed by atoms with E-state index in [-0.39, 0.29) is 5.91 Å². The number of thiazole rings is 1. The third-order valence-corrected chi connectivity index (χ3v) is 7.53. The van der Waals surface area contributed by atoms with Crippen LogP contribution in [0.1, 0.15) is 6.92 Å². The van der Waals surface area contributed by atoms with Gasteiger partial charge in [0.05, 0.1) is 30.0 Å². The Hall–Kier alpha value is -2.59. The number of para-hydroxylation sites is 2. The van der Waals surface area contributed by atoms with E-state index < -0.39 is 12.2 Å². The van der Waals surface area contributed by atoms with Crippen molar-refractivity contribution in [2.24, 2.45) is 0 Å². The summed E-state index contributed by atoms with van der Waals surface area (Å²) in [6.45, 7) is 6.02. The van der Waals surface area contributed by atoms with Crippen molar-refractivity contribution in [3.8, 4) is 17.2 Å². The first kappa shape index (κ1) is 23.2. The van der Waals surface area contributed by atoms with Gasteiger partial charge in [0.25, 0.3) is 5.91 Å². The van der Waals surface area contributed by atoms with Gasteiger partial charge in [0.2, 0.25) is 6.10 Å². The average molecular weight is 504 g/mol. The van der Waals surface area contributed by atoms with Crippen LogP contribution in [0.5, 0.6) is 17.2 Å². The summed E-state index contributed by atoms with van der Waals surface area (Å²) < 4.78 is 23.8. The van der Waals surface area contributed by atoms with Gasteiger partial charge >= 0.3 is 0 Å². The van der Waals surface area contributed by atoms with Gasteiger partial charge in [-0.3, -0.25) is 14.6 Å². The fourth-order valence-corrected chi connectivity index (χ4v) is 5.42. The van der Waals surface area contributed by atoms with E-state index in [2.05, 4.69) is 4.90 Å². The largest absolute Gasteiger partial charge is 0.494 e. The number of carbonyl (C=O) groups excluding carboxylic acids is 1. The Balaban J connectivity index is 1.47. The van der Waals surface area contributed by atoms with Crippen LogP contribution in [0.15, 0.2) is 36.4 Å². The van der Waals surface area contributed by atoms with E-state index in [0.717, 1.165) is 17.8 Å². The van der Waals surface area contributed by atoms with Crippen LogP contribution in [0.3, 0.4) is 0 Å². The number of nitrogens with zero attached hydrogens (tertiary/aromatic N) is 3. The molecule has 34 heavy (non-hydrogen) atoms. The number of halogens is 1. The zero-order valence-corrected chi connectivity index (χ0v) is 20.6. The highest BCUT2D eigenvalue weighted by atomic mass is 35.5. The van der Waals surface area contributed by atoms with Crippen LogP contribution in [0.2, 0.25) is 5.02 Å². The quantitative estimate of drug-likeness (QED) is 0.506. The second-order valence-corrected chi connectivity index (χ2v) is 9.56. The summed E-state index contributed by atoms with van der Waals surface area (Å²) in [5, 5.41) is 1.12. The number of morpholine rings is 1. The molecular weight excluding hydrogens is 478 g/mol. The molecule has 1 aromatic heterocycles. The van der Waals surface area contributed by atoms with Gasteiger partial charge in [0.1, 0.15) is 17.4 Å². The Kier molecular flexibility index (Phi) is 6.78. The van der Waals surface area contributed by atoms with Crippen molar-refractivity contribution in [3.05, 3.63) is 41.4 Å². The summed E-state index contributed by atoms with van der Waals surface area (Å²) in [4.78, 5) is 22.6. The van der Waals surface area contributed by atoms with Gasteiger partial charge in [-0.15, -0.1) is 0 Å². The molecule has 5 rings (SSSR count). The molecule has 0 saturated carbocycles. The zero-order valence-electron chi connectivity index (χ0n) is 19.0. The molecule has 0 bridgehead atoms. The molecule has 10 heteroatoms. The third-order valence-electron chi connectivity index (χ3n) is 5.99. The molecule has 2 aliphatic heterocycles. The zero-order chi connectivity index (χ0) is 23.7. The van der Waals surface area contributed by atoms with Gasteiger partial charge in [-0.2, -0.15) is 0 Å². The van der Waals surface area contributed by atoms with Crippen LogP contribution in [0, 0.1) is 0 Å². The molecule has 1 amide bonds. The lowest BCUT2D eigenvalue weighted by molar-refractivity contribution is -0.130. The number of rotatable bonds is 6. The fraction of sp³-hybridized carbons (Fsp3) is 0.417. The Morgan fingerprint density at radius 1 is 1.21 bits per heavy atom. The second-order valence-electron chi connectivity index (χ2n) is 8.18. The maximum atomic E-state index is 13.9. The van der Waals surface area contributed by atoms with Crippen molar-refractivity contribution in [3.63, 3.8) is 0 Å². The van der Waals surface area contributed by atoms with Gasteiger partial charge in [-0.25, -0.2) is 4.98 Å².